The molecule has 0 bridgehead atoms. The Morgan fingerprint density at radius 2 is 1.80 bits per heavy atom. The van der Waals surface area contributed by atoms with Gasteiger partial charge in [-0.25, -0.2) is 0 Å². The standard InChI is InChI=1S/C18H27NO/c1-14(12-15-6-8-18(20)9-7-15)19-11-10-16-4-2-3-5-17(16)13-19/h6-9,14,16-17,20H,2-5,10-13H2,1H3. The summed E-state index contributed by atoms with van der Waals surface area (Å²) >= 11 is 0. The Labute approximate surface area is 122 Å². The molecule has 2 aliphatic rings. The van der Waals surface area contributed by atoms with Gasteiger partial charge >= 0.3 is 0 Å². The summed E-state index contributed by atoms with van der Waals surface area (Å²) in [5, 5.41) is 9.36. The first-order valence-electron chi connectivity index (χ1n) is 8.24. The number of likely N-dealkylation sites (tertiary alicyclic amines) is 1. The van der Waals surface area contributed by atoms with Gasteiger partial charge in [0.25, 0.3) is 0 Å². The maximum atomic E-state index is 9.36. The van der Waals surface area contributed by atoms with Crippen LogP contribution in [0.15, 0.2) is 24.3 Å². The average molecular weight is 273 g/mol. The zero-order valence-electron chi connectivity index (χ0n) is 12.6. The Morgan fingerprint density at radius 3 is 2.55 bits per heavy atom. The Morgan fingerprint density at radius 1 is 1.10 bits per heavy atom. The van der Waals surface area contributed by atoms with Crippen LogP contribution >= 0.6 is 0 Å². The van der Waals surface area contributed by atoms with Gasteiger partial charge in [-0.05, 0) is 62.3 Å². The third-order valence-electron chi connectivity index (χ3n) is 5.41. The van der Waals surface area contributed by atoms with Crippen LogP contribution in [0.1, 0.15) is 44.6 Å². The SMILES string of the molecule is CC(Cc1ccc(O)cc1)N1CCC2CCCCC2C1. The van der Waals surface area contributed by atoms with E-state index in [0.29, 0.717) is 11.8 Å². The molecule has 2 nitrogen and oxygen atoms in total. The van der Waals surface area contributed by atoms with E-state index in [0.717, 1.165) is 18.3 Å². The van der Waals surface area contributed by atoms with Crippen LogP contribution in [0.4, 0.5) is 0 Å². The molecule has 1 N–H and O–H groups in total. The summed E-state index contributed by atoms with van der Waals surface area (Å²) in [7, 11) is 0. The molecule has 0 aromatic heterocycles. The molecule has 2 heteroatoms. The predicted octanol–water partition coefficient (Wildman–Crippen LogP) is 3.84. The maximum Gasteiger partial charge on any atom is 0.115 e. The number of hydrogen-bond acceptors (Lipinski definition) is 2. The Balaban J connectivity index is 1.57. The Hall–Kier alpha value is -1.02. The highest BCUT2D eigenvalue weighted by molar-refractivity contribution is 5.26. The first-order chi connectivity index (χ1) is 9.72. The number of hydrogen-bond donors (Lipinski definition) is 1. The van der Waals surface area contributed by atoms with Gasteiger partial charge in [0.15, 0.2) is 0 Å². The third kappa shape index (κ3) is 3.17. The van der Waals surface area contributed by atoms with Gasteiger partial charge < -0.3 is 10.0 Å². The lowest BCUT2D eigenvalue weighted by Gasteiger charge is -2.43. The molecule has 1 heterocycles. The second-order valence-electron chi connectivity index (χ2n) is 6.81. The second kappa shape index (κ2) is 6.17. The molecular formula is C18H27NO. The van der Waals surface area contributed by atoms with Crippen LogP contribution in [-0.2, 0) is 6.42 Å². The second-order valence-corrected chi connectivity index (χ2v) is 6.81. The van der Waals surface area contributed by atoms with Gasteiger partial charge in [-0.1, -0.05) is 31.4 Å². The van der Waals surface area contributed by atoms with Gasteiger partial charge in [0, 0.05) is 12.6 Å². The largest absolute Gasteiger partial charge is 0.508 e. The lowest BCUT2D eigenvalue weighted by Crippen LogP contribution is -2.46. The Kier molecular flexibility index (Phi) is 4.30. The predicted molar refractivity (Wildman–Crippen MR) is 82.9 cm³/mol. The molecule has 20 heavy (non-hydrogen) atoms. The van der Waals surface area contributed by atoms with Crippen molar-refractivity contribution in [2.24, 2.45) is 11.8 Å². The number of nitrogens with zero attached hydrogens (tertiary/aromatic N) is 1. The van der Waals surface area contributed by atoms with Crippen molar-refractivity contribution < 1.29 is 5.11 Å². The summed E-state index contributed by atoms with van der Waals surface area (Å²) in [6.07, 6.45) is 8.34. The highest BCUT2D eigenvalue weighted by Gasteiger charge is 2.32. The molecule has 3 rings (SSSR count). The lowest BCUT2D eigenvalue weighted by atomic mass is 9.75. The van der Waals surface area contributed by atoms with Crippen molar-refractivity contribution in [1.29, 1.82) is 0 Å². The van der Waals surface area contributed by atoms with Crippen LogP contribution in [0.5, 0.6) is 5.75 Å². The van der Waals surface area contributed by atoms with Crippen molar-refractivity contribution in [3.63, 3.8) is 0 Å². The minimum absolute atomic E-state index is 0.365. The van der Waals surface area contributed by atoms with Crippen LogP contribution in [0, 0.1) is 11.8 Å². The topological polar surface area (TPSA) is 23.5 Å². The molecule has 3 unspecified atom stereocenters. The zero-order chi connectivity index (χ0) is 13.9. The van der Waals surface area contributed by atoms with E-state index >= 15 is 0 Å². The summed E-state index contributed by atoms with van der Waals surface area (Å²) in [5.41, 5.74) is 1.33. The van der Waals surface area contributed by atoms with Gasteiger partial charge in [-0.15, -0.1) is 0 Å². The first kappa shape index (κ1) is 13.9. The summed E-state index contributed by atoms with van der Waals surface area (Å²) in [5.74, 6) is 2.34. The molecule has 0 radical (unpaired) electrons. The van der Waals surface area contributed by atoms with Gasteiger partial charge in [0.1, 0.15) is 5.75 Å². The smallest absolute Gasteiger partial charge is 0.115 e. The third-order valence-corrected chi connectivity index (χ3v) is 5.41. The van der Waals surface area contributed by atoms with E-state index in [1.165, 1.54) is 50.8 Å². The quantitative estimate of drug-likeness (QED) is 0.904. The van der Waals surface area contributed by atoms with Crippen molar-refractivity contribution in [3.8, 4) is 5.75 Å². The molecule has 1 aliphatic carbocycles. The number of aromatic hydroxyl groups is 1. The molecule has 2 fully saturated rings. The van der Waals surface area contributed by atoms with Gasteiger partial charge in [-0.3, -0.25) is 0 Å². The molecule has 1 aromatic carbocycles. The number of rotatable bonds is 3. The minimum atomic E-state index is 0.365. The highest BCUT2D eigenvalue weighted by atomic mass is 16.3. The monoisotopic (exact) mass is 273 g/mol. The van der Waals surface area contributed by atoms with E-state index in [-0.39, 0.29) is 0 Å². The van der Waals surface area contributed by atoms with Gasteiger partial charge in [-0.2, -0.15) is 0 Å². The van der Waals surface area contributed by atoms with Crippen molar-refractivity contribution in [2.75, 3.05) is 13.1 Å². The van der Waals surface area contributed by atoms with Crippen molar-refractivity contribution in [3.05, 3.63) is 29.8 Å². The van der Waals surface area contributed by atoms with E-state index in [2.05, 4.69) is 24.0 Å². The number of benzene rings is 1. The molecule has 3 atom stereocenters. The number of fused-ring (bicyclic) bond motifs is 1. The Bertz CT molecular complexity index is 428. The van der Waals surface area contributed by atoms with E-state index in [4.69, 9.17) is 0 Å². The summed E-state index contributed by atoms with van der Waals surface area (Å²) in [4.78, 5) is 2.69. The fraction of sp³-hybridized carbons (Fsp3) is 0.667. The van der Waals surface area contributed by atoms with Crippen LogP contribution < -0.4 is 0 Å². The van der Waals surface area contributed by atoms with Crippen molar-refractivity contribution in [2.45, 2.75) is 51.5 Å². The highest BCUT2D eigenvalue weighted by Crippen LogP contribution is 2.36. The normalized spacial score (nSPS) is 28.9. The average Bonchev–Trinajstić information content (AvgIpc) is 2.49. The van der Waals surface area contributed by atoms with Crippen LogP contribution in [0.2, 0.25) is 0 Å². The first-order valence-corrected chi connectivity index (χ1v) is 8.24. The molecule has 110 valence electrons. The van der Waals surface area contributed by atoms with Crippen LogP contribution in [-0.4, -0.2) is 29.1 Å². The number of piperidine rings is 1. The van der Waals surface area contributed by atoms with E-state index in [9.17, 15) is 5.11 Å². The van der Waals surface area contributed by atoms with Crippen LogP contribution in [0.25, 0.3) is 0 Å². The van der Waals surface area contributed by atoms with Crippen molar-refractivity contribution in [1.82, 2.24) is 4.90 Å². The fourth-order valence-electron chi connectivity index (χ4n) is 4.13. The minimum Gasteiger partial charge on any atom is -0.508 e. The molecule has 1 aliphatic heterocycles. The summed E-state index contributed by atoms with van der Waals surface area (Å²) in [6.45, 7) is 4.94. The molecular weight excluding hydrogens is 246 g/mol. The summed E-state index contributed by atoms with van der Waals surface area (Å²) < 4.78 is 0. The number of phenolic OH excluding ortho intramolecular Hbond substituents is 1. The molecule has 1 saturated carbocycles. The molecule has 1 aromatic rings. The zero-order valence-corrected chi connectivity index (χ0v) is 12.6. The molecule has 1 saturated heterocycles. The van der Waals surface area contributed by atoms with E-state index < -0.39 is 0 Å². The van der Waals surface area contributed by atoms with Crippen molar-refractivity contribution >= 4 is 0 Å². The van der Waals surface area contributed by atoms with E-state index in [1.807, 2.05) is 0 Å². The van der Waals surface area contributed by atoms with Gasteiger partial charge in [0.2, 0.25) is 0 Å². The summed E-state index contributed by atoms with van der Waals surface area (Å²) in [6, 6.07) is 8.32. The fourth-order valence-corrected chi connectivity index (χ4v) is 4.13. The molecule has 0 amide bonds. The van der Waals surface area contributed by atoms with E-state index in [1.54, 1.807) is 12.1 Å². The van der Waals surface area contributed by atoms with Gasteiger partial charge in [0.05, 0.1) is 0 Å². The number of phenols is 1. The lowest BCUT2D eigenvalue weighted by molar-refractivity contribution is 0.0619. The maximum absolute atomic E-state index is 9.36. The van der Waals surface area contributed by atoms with Crippen LogP contribution in [0.3, 0.4) is 0 Å². The molecule has 0 spiro atoms.